The number of ether oxygens (including phenoxy) is 2. The van der Waals surface area contributed by atoms with Gasteiger partial charge in [-0.2, -0.15) is 5.10 Å². The van der Waals surface area contributed by atoms with E-state index < -0.39 is 0 Å². The molecular weight excluding hydrogens is 330 g/mol. The number of rotatable bonds is 3. The molecule has 0 bridgehead atoms. The quantitative estimate of drug-likeness (QED) is 0.782. The van der Waals surface area contributed by atoms with Gasteiger partial charge in [0.15, 0.2) is 11.5 Å². The largest absolute Gasteiger partial charge is 0.486 e. The molecule has 2 aliphatic rings. The summed E-state index contributed by atoms with van der Waals surface area (Å²) in [6.45, 7) is 3.86. The third kappa shape index (κ3) is 2.74. The van der Waals surface area contributed by atoms with Crippen LogP contribution < -0.4 is 9.47 Å². The summed E-state index contributed by atoms with van der Waals surface area (Å²) in [4.78, 5) is 10.3. The van der Waals surface area contributed by atoms with Gasteiger partial charge in [0, 0.05) is 44.4 Å². The fraction of sp³-hybridized carbons (Fsp3) is 0.368. The van der Waals surface area contributed by atoms with Gasteiger partial charge in [-0.15, -0.1) is 0 Å². The number of imidazole rings is 1. The lowest BCUT2D eigenvalue weighted by atomic mass is 9.93. The number of aromatic nitrogens is 4. The molecule has 0 saturated carbocycles. The predicted octanol–water partition coefficient (Wildman–Crippen LogP) is 2.06. The number of nitrogens with zero attached hydrogens (tertiary/aromatic N) is 4. The van der Waals surface area contributed by atoms with Gasteiger partial charge in [0.1, 0.15) is 13.2 Å². The molecule has 0 spiro atoms. The summed E-state index contributed by atoms with van der Waals surface area (Å²) in [6.07, 6.45) is 5.81. The van der Waals surface area contributed by atoms with Crippen LogP contribution in [0, 0.1) is 0 Å². The molecule has 4 heterocycles. The second kappa shape index (κ2) is 6.17. The first-order valence-corrected chi connectivity index (χ1v) is 8.88. The normalized spacial score (nSPS) is 19.3. The Morgan fingerprint density at radius 2 is 2.12 bits per heavy atom. The van der Waals surface area contributed by atoms with Crippen LogP contribution in [0.1, 0.15) is 28.4 Å². The van der Waals surface area contributed by atoms with Crippen LogP contribution in [0.15, 0.2) is 36.9 Å². The van der Waals surface area contributed by atoms with Crippen LogP contribution in [-0.2, 0) is 20.1 Å². The summed E-state index contributed by atoms with van der Waals surface area (Å²) in [5.41, 5.74) is 4.74. The Morgan fingerprint density at radius 3 is 2.96 bits per heavy atom. The third-order valence-corrected chi connectivity index (χ3v) is 5.04. The lowest BCUT2D eigenvalue weighted by Crippen LogP contribution is -2.33. The van der Waals surface area contributed by atoms with Crippen molar-refractivity contribution in [3.05, 3.63) is 59.4 Å². The van der Waals surface area contributed by atoms with E-state index >= 15 is 0 Å². The highest BCUT2D eigenvalue weighted by Crippen LogP contribution is 2.34. The smallest absolute Gasteiger partial charge is 0.161 e. The molecule has 2 aliphatic heterocycles. The van der Waals surface area contributed by atoms with E-state index in [0.29, 0.717) is 13.2 Å². The molecule has 0 saturated heterocycles. The van der Waals surface area contributed by atoms with Crippen LogP contribution in [0.3, 0.4) is 0 Å². The average molecular weight is 351 g/mol. The highest BCUT2D eigenvalue weighted by Gasteiger charge is 2.29. The Balaban J connectivity index is 1.40. The minimum atomic E-state index is 0.232. The predicted molar refractivity (Wildman–Crippen MR) is 95.2 cm³/mol. The maximum atomic E-state index is 5.72. The molecule has 1 atom stereocenters. The lowest BCUT2D eigenvalue weighted by Gasteiger charge is -2.32. The van der Waals surface area contributed by atoms with E-state index in [2.05, 4.69) is 38.3 Å². The van der Waals surface area contributed by atoms with Gasteiger partial charge in [-0.1, -0.05) is 6.07 Å². The molecule has 1 N–H and O–H groups in total. The summed E-state index contributed by atoms with van der Waals surface area (Å²) in [5.74, 6) is 1.91. The Morgan fingerprint density at radius 1 is 1.23 bits per heavy atom. The van der Waals surface area contributed by atoms with Crippen molar-refractivity contribution in [3.8, 4) is 11.5 Å². The minimum absolute atomic E-state index is 0.232. The van der Waals surface area contributed by atoms with Crippen LogP contribution in [0.5, 0.6) is 11.5 Å². The summed E-state index contributed by atoms with van der Waals surface area (Å²) >= 11 is 0. The summed E-state index contributed by atoms with van der Waals surface area (Å²) in [6, 6.07) is 6.22. The van der Waals surface area contributed by atoms with Crippen molar-refractivity contribution in [2.45, 2.75) is 19.0 Å². The standard InChI is InChI=1S/C19H21N5O2/c1-23-9-14(7-22-23)15-10-24(11-16-19(15)21-12-20-16)8-13-2-3-17-18(6-13)26-5-4-25-17/h2-3,6-7,9,12,15H,4-5,8,10-11H2,1H3,(H,20,21). The van der Waals surface area contributed by atoms with Gasteiger partial charge in [0.2, 0.25) is 0 Å². The molecule has 26 heavy (non-hydrogen) atoms. The zero-order chi connectivity index (χ0) is 17.5. The molecule has 0 fully saturated rings. The Hall–Kier alpha value is -2.80. The Labute approximate surface area is 151 Å². The van der Waals surface area contributed by atoms with Crippen LogP contribution in [0.4, 0.5) is 0 Å². The van der Waals surface area contributed by atoms with Gasteiger partial charge in [-0.25, -0.2) is 4.98 Å². The topological polar surface area (TPSA) is 68.2 Å². The Kier molecular flexibility index (Phi) is 3.67. The summed E-state index contributed by atoms with van der Waals surface area (Å²) in [7, 11) is 1.95. The first-order chi connectivity index (χ1) is 12.8. The van der Waals surface area contributed by atoms with Gasteiger partial charge in [-0.05, 0) is 17.7 Å². The average Bonchev–Trinajstić information content (AvgIpc) is 3.30. The molecule has 0 aliphatic carbocycles. The van der Waals surface area contributed by atoms with E-state index in [0.717, 1.165) is 36.8 Å². The zero-order valence-electron chi connectivity index (χ0n) is 14.7. The number of hydrogen-bond donors (Lipinski definition) is 1. The second-order valence-electron chi connectivity index (χ2n) is 6.91. The van der Waals surface area contributed by atoms with E-state index in [1.807, 2.05) is 24.0 Å². The lowest BCUT2D eigenvalue weighted by molar-refractivity contribution is 0.170. The summed E-state index contributed by atoms with van der Waals surface area (Å²) in [5, 5.41) is 4.34. The van der Waals surface area contributed by atoms with Crippen molar-refractivity contribution in [1.82, 2.24) is 24.6 Å². The van der Waals surface area contributed by atoms with Gasteiger partial charge in [0.25, 0.3) is 0 Å². The molecule has 1 aromatic carbocycles. The van der Waals surface area contributed by atoms with Crippen molar-refractivity contribution >= 4 is 0 Å². The second-order valence-corrected chi connectivity index (χ2v) is 6.91. The van der Waals surface area contributed by atoms with Gasteiger partial charge in [0.05, 0.1) is 23.9 Å². The number of hydrogen-bond acceptors (Lipinski definition) is 5. The van der Waals surface area contributed by atoms with Crippen LogP contribution in [0.2, 0.25) is 0 Å². The Bertz CT molecular complexity index is 932. The van der Waals surface area contributed by atoms with Gasteiger partial charge < -0.3 is 14.5 Å². The van der Waals surface area contributed by atoms with Crippen molar-refractivity contribution in [2.75, 3.05) is 19.8 Å². The number of H-pyrrole nitrogens is 1. The zero-order valence-corrected chi connectivity index (χ0v) is 14.7. The molecule has 7 nitrogen and oxygen atoms in total. The molecule has 0 amide bonds. The van der Waals surface area contributed by atoms with Gasteiger partial charge >= 0.3 is 0 Å². The highest BCUT2D eigenvalue weighted by molar-refractivity contribution is 5.44. The van der Waals surface area contributed by atoms with Crippen LogP contribution >= 0.6 is 0 Å². The molecule has 134 valence electrons. The van der Waals surface area contributed by atoms with Crippen molar-refractivity contribution < 1.29 is 9.47 Å². The molecule has 1 unspecified atom stereocenters. The van der Waals surface area contributed by atoms with Crippen molar-refractivity contribution in [1.29, 1.82) is 0 Å². The van der Waals surface area contributed by atoms with Crippen molar-refractivity contribution in [2.24, 2.45) is 7.05 Å². The number of aromatic amines is 1. The SMILES string of the molecule is Cn1cc(C2CN(Cc3ccc4c(c3)OCCO4)Cc3[nH]cnc32)cn1. The molecule has 2 aromatic heterocycles. The molecule has 5 rings (SSSR count). The van der Waals surface area contributed by atoms with Gasteiger partial charge in [-0.3, -0.25) is 9.58 Å². The number of aryl methyl sites for hydroxylation is 1. The fourth-order valence-corrected chi connectivity index (χ4v) is 3.84. The minimum Gasteiger partial charge on any atom is -0.486 e. The van der Waals surface area contributed by atoms with E-state index in [1.54, 1.807) is 6.33 Å². The monoisotopic (exact) mass is 351 g/mol. The van der Waals surface area contributed by atoms with E-state index in [1.165, 1.54) is 16.8 Å². The summed E-state index contributed by atoms with van der Waals surface area (Å²) < 4.78 is 13.2. The molecule has 0 radical (unpaired) electrons. The van der Waals surface area contributed by atoms with Crippen molar-refractivity contribution in [3.63, 3.8) is 0 Å². The van der Waals surface area contributed by atoms with E-state index in [4.69, 9.17) is 9.47 Å². The maximum Gasteiger partial charge on any atom is 0.161 e. The molecule has 7 heteroatoms. The number of fused-ring (bicyclic) bond motifs is 2. The first-order valence-electron chi connectivity index (χ1n) is 8.88. The van der Waals surface area contributed by atoms with Crippen LogP contribution in [-0.4, -0.2) is 44.4 Å². The van der Waals surface area contributed by atoms with Crippen LogP contribution in [0.25, 0.3) is 0 Å². The first kappa shape index (κ1) is 15.5. The highest BCUT2D eigenvalue weighted by atomic mass is 16.6. The molecule has 3 aromatic rings. The maximum absolute atomic E-state index is 5.72. The fourth-order valence-electron chi connectivity index (χ4n) is 3.84. The van der Waals surface area contributed by atoms with E-state index in [-0.39, 0.29) is 5.92 Å². The third-order valence-electron chi connectivity index (χ3n) is 5.04. The number of benzene rings is 1. The van der Waals surface area contributed by atoms with E-state index in [9.17, 15) is 0 Å². The number of nitrogens with one attached hydrogen (secondary N) is 1. The molecular formula is C19H21N5O2.